The zero-order valence-corrected chi connectivity index (χ0v) is 18.2. The van der Waals surface area contributed by atoms with Crippen LogP contribution in [0.2, 0.25) is 0 Å². The summed E-state index contributed by atoms with van der Waals surface area (Å²) in [6.07, 6.45) is 4.92. The summed E-state index contributed by atoms with van der Waals surface area (Å²) in [7, 11) is 0. The monoisotopic (exact) mass is 445 g/mol. The zero-order chi connectivity index (χ0) is 23.5. The van der Waals surface area contributed by atoms with Crippen LogP contribution in [-0.4, -0.2) is 28.7 Å². The normalized spacial score (nSPS) is 11.3. The zero-order valence-electron chi connectivity index (χ0n) is 18.2. The molecule has 0 fully saturated rings. The minimum atomic E-state index is -0.759. The average Bonchev–Trinajstić information content (AvgIpc) is 2.83. The predicted molar refractivity (Wildman–Crippen MR) is 129 cm³/mol. The molecule has 0 spiro atoms. The van der Waals surface area contributed by atoms with Gasteiger partial charge in [-0.3, -0.25) is 19.4 Å². The highest BCUT2D eigenvalue weighted by atomic mass is 16.2. The first-order valence-corrected chi connectivity index (χ1v) is 10.7. The molecule has 1 atom stereocenters. The van der Waals surface area contributed by atoms with Crippen molar-refractivity contribution in [2.75, 3.05) is 16.4 Å². The second-order valence-corrected chi connectivity index (χ2v) is 7.50. The number of benzene rings is 2. The highest BCUT2D eigenvalue weighted by Crippen LogP contribution is 2.17. The second kappa shape index (κ2) is 12.0. The van der Waals surface area contributed by atoms with Gasteiger partial charge in [0, 0.05) is 18.2 Å². The van der Waals surface area contributed by atoms with Crippen molar-refractivity contribution in [1.29, 1.82) is 0 Å². The van der Waals surface area contributed by atoms with Gasteiger partial charge in [-0.1, -0.05) is 36.8 Å². The predicted octanol–water partition coefficient (Wildman–Crippen LogP) is 3.60. The maximum Gasteiger partial charge on any atom is 0.251 e. The first-order chi connectivity index (χ1) is 16.0. The van der Waals surface area contributed by atoms with Gasteiger partial charge in [-0.05, 0) is 49.2 Å². The minimum absolute atomic E-state index is 0.155. The quantitative estimate of drug-likeness (QED) is 0.280. The number of unbranched alkanes of at least 4 members (excludes halogenated alkanes) is 1. The number of carbonyl (C=O) groups excluding carboxylic acids is 3. The molecular weight excluding hydrogens is 418 g/mol. The minimum Gasteiger partial charge on any atom is -0.397 e. The van der Waals surface area contributed by atoms with Crippen LogP contribution < -0.4 is 21.7 Å². The number of amides is 3. The van der Waals surface area contributed by atoms with Crippen molar-refractivity contribution in [3.63, 3.8) is 0 Å². The maximum atomic E-state index is 12.8. The average molecular weight is 446 g/mol. The fourth-order valence-corrected chi connectivity index (χ4v) is 3.22. The van der Waals surface area contributed by atoms with Gasteiger partial charge in [0.2, 0.25) is 11.8 Å². The lowest BCUT2D eigenvalue weighted by Crippen LogP contribution is -2.43. The Hall–Kier alpha value is -4.20. The van der Waals surface area contributed by atoms with E-state index in [0.717, 1.165) is 0 Å². The van der Waals surface area contributed by atoms with E-state index in [1.54, 1.807) is 66.9 Å². The van der Waals surface area contributed by atoms with Gasteiger partial charge in [-0.15, -0.1) is 0 Å². The third kappa shape index (κ3) is 7.46. The molecule has 0 radical (unpaired) electrons. The molecule has 0 aliphatic rings. The van der Waals surface area contributed by atoms with Crippen LogP contribution in [0.5, 0.6) is 0 Å². The van der Waals surface area contributed by atoms with E-state index < -0.39 is 6.04 Å². The highest BCUT2D eigenvalue weighted by molar-refractivity contribution is 6.01. The van der Waals surface area contributed by atoms with Crippen LogP contribution in [0.25, 0.3) is 0 Å². The molecule has 0 bridgehead atoms. The number of para-hydroxylation sites is 2. The Morgan fingerprint density at radius 2 is 1.64 bits per heavy atom. The van der Waals surface area contributed by atoms with Crippen LogP contribution in [0.3, 0.4) is 0 Å². The summed E-state index contributed by atoms with van der Waals surface area (Å²) in [6.45, 7) is 0. The number of anilines is 3. The van der Waals surface area contributed by atoms with Crippen molar-refractivity contribution < 1.29 is 14.4 Å². The van der Waals surface area contributed by atoms with Gasteiger partial charge in [-0.25, -0.2) is 0 Å². The molecule has 0 saturated carbocycles. The number of nitrogens with two attached hydrogens (primary N) is 1. The van der Waals surface area contributed by atoms with Crippen molar-refractivity contribution in [3.8, 4) is 0 Å². The highest BCUT2D eigenvalue weighted by Gasteiger charge is 2.21. The Kier molecular flexibility index (Phi) is 8.53. The number of hydrogen-bond donors (Lipinski definition) is 4. The summed E-state index contributed by atoms with van der Waals surface area (Å²) in [6, 6.07) is 18.4. The number of nitrogens with zero attached hydrogens (tertiary/aromatic N) is 1. The smallest absolute Gasteiger partial charge is 0.251 e. The van der Waals surface area contributed by atoms with Crippen molar-refractivity contribution in [1.82, 2.24) is 10.3 Å². The number of carbonyl (C=O) groups is 3. The molecule has 8 heteroatoms. The lowest BCUT2D eigenvalue weighted by Gasteiger charge is -2.18. The summed E-state index contributed by atoms with van der Waals surface area (Å²) in [4.78, 5) is 41.7. The Morgan fingerprint density at radius 3 is 2.36 bits per heavy atom. The number of nitrogen functional groups attached to an aromatic ring is 1. The van der Waals surface area contributed by atoms with Gasteiger partial charge in [0.1, 0.15) is 6.04 Å². The lowest BCUT2D eigenvalue weighted by molar-refractivity contribution is -0.118. The van der Waals surface area contributed by atoms with E-state index >= 15 is 0 Å². The fourth-order valence-electron chi connectivity index (χ4n) is 3.22. The molecular formula is C25H27N5O3. The van der Waals surface area contributed by atoms with Gasteiger partial charge in [0.05, 0.1) is 23.3 Å². The van der Waals surface area contributed by atoms with Crippen LogP contribution in [-0.2, 0) is 9.59 Å². The summed E-state index contributed by atoms with van der Waals surface area (Å²) in [5, 5.41) is 8.37. The molecule has 5 N–H and O–H groups in total. The van der Waals surface area contributed by atoms with Crippen LogP contribution >= 0.6 is 0 Å². The Balaban J connectivity index is 1.55. The topological polar surface area (TPSA) is 126 Å². The number of pyridine rings is 1. The Morgan fingerprint density at radius 1 is 0.879 bits per heavy atom. The fraction of sp³-hybridized carbons (Fsp3) is 0.200. The van der Waals surface area contributed by atoms with Crippen molar-refractivity contribution in [2.24, 2.45) is 0 Å². The standard InChI is InChI=1S/C25H27N5O3/c26-20-12-4-5-13-21(20)29-23(31)15-7-6-14-22(25(33)28-19-11-8-16-27-17-19)30-24(32)18-9-2-1-3-10-18/h1-5,8-13,16-17,22H,6-7,14-15,26H2,(H,28,33)(H,29,31)(H,30,32). The maximum absolute atomic E-state index is 12.8. The Labute approximate surface area is 192 Å². The van der Waals surface area contributed by atoms with Crippen molar-refractivity contribution >= 4 is 34.8 Å². The summed E-state index contributed by atoms with van der Waals surface area (Å²) >= 11 is 0. The molecule has 0 aliphatic carbocycles. The van der Waals surface area contributed by atoms with Crippen LogP contribution in [0, 0.1) is 0 Å². The second-order valence-electron chi connectivity index (χ2n) is 7.50. The van der Waals surface area contributed by atoms with Gasteiger partial charge in [-0.2, -0.15) is 0 Å². The third-order valence-electron chi connectivity index (χ3n) is 4.97. The van der Waals surface area contributed by atoms with E-state index in [0.29, 0.717) is 41.9 Å². The van der Waals surface area contributed by atoms with Crippen LogP contribution in [0.1, 0.15) is 36.0 Å². The molecule has 8 nitrogen and oxygen atoms in total. The number of nitrogens with one attached hydrogen (secondary N) is 3. The number of hydrogen-bond acceptors (Lipinski definition) is 5. The van der Waals surface area contributed by atoms with E-state index in [1.807, 2.05) is 6.07 Å². The van der Waals surface area contributed by atoms with Crippen LogP contribution in [0.15, 0.2) is 79.1 Å². The first kappa shape index (κ1) is 23.5. The molecule has 33 heavy (non-hydrogen) atoms. The summed E-state index contributed by atoms with van der Waals surface area (Å²) in [5.41, 5.74) is 7.94. The molecule has 2 aromatic carbocycles. The van der Waals surface area contributed by atoms with Gasteiger partial charge in [0.15, 0.2) is 0 Å². The molecule has 170 valence electrons. The van der Waals surface area contributed by atoms with E-state index in [9.17, 15) is 14.4 Å². The van der Waals surface area contributed by atoms with E-state index in [4.69, 9.17) is 5.73 Å². The number of rotatable bonds is 10. The molecule has 3 aromatic rings. The van der Waals surface area contributed by atoms with E-state index in [2.05, 4.69) is 20.9 Å². The molecule has 0 aliphatic heterocycles. The van der Waals surface area contributed by atoms with Crippen molar-refractivity contribution in [2.45, 2.75) is 31.7 Å². The summed E-state index contributed by atoms with van der Waals surface area (Å²) < 4.78 is 0. The lowest BCUT2D eigenvalue weighted by atomic mass is 10.1. The molecule has 0 saturated heterocycles. The molecule has 1 unspecified atom stereocenters. The third-order valence-corrected chi connectivity index (χ3v) is 4.97. The molecule has 3 amide bonds. The van der Waals surface area contributed by atoms with Gasteiger partial charge in [0.25, 0.3) is 5.91 Å². The van der Waals surface area contributed by atoms with E-state index in [1.165, 1.54) is 6.20 Å². The first-order valence-electron chi connectivity index (χ1n) is 10.7. The summed E-state index contributed by atoms with van der Waals surface area (Å²) in [5.74, 6) is -0.828. The molecule has 1 aromatic heterocycles. The van der Waals surface area contributed by atoms with E-state index in [-0.39, 0.29) is 24.1 Å². The number of aromatic nitrogens is 1. The largest absolute Gasteiger partial charge is 0.397 e. The van der Waals surface area contributed by atoms with Crippen LogP contribution in [0.4, 0.5) is 17.1 Å². The van der Waals surface area contributed by atoms with Gasteiger partial charge >= 0.3 is 0 Å². The van der Waals surface area contributed by atoms with Gasteiger partial charge < -0.3 is 21.7 Å². The molecule has 3 rings (SSSR count). The Bertz CT molecular complexity index is 1070. The van der Waals surface area contributed by atoms with Crippen molar-refractivity contribution in [3.05, 3.63) is 84.7 Å². The SMILES string of the molecule is Nc1ccccc1NC(=O)CCCCC(NC(=O)c1ccccc1)C(=O)Nc1cccnc1. The molecule has 1 heterocycles.